The van der Waals surface area contributed by atoms with Crippen molar-refractivity contribution in [1.82, 2.24) is 9.97 Å². The molecule has 7 nitrogen and oxygen atoms in total. The zero-order valence-corrected chi connectivity index (χ0v) is 23.7. The van der Waals surface area contributed by atoms with Gasteiger partial charge >= 0.3 is 0 Å². The van der Waals surface area contributed by atoms with E-state index < -0.39 is 17.8 Å². The first-order valence-corrected chi connectivity index (χ1v) is 14.6. The van der Waals surface area contributed by atoms with Crippen LogP contribution >= 0.6 is 11.3 Å². The molecule has 6 rings (SSSR count). The van der Waals surface area contributed by atoms with Gasteiger partial charge < -0.3 is 24.7 Å². The zero-order chi connectivity index (χ0) is 28.1. The highest BCUT2D eigenvalue weighted by Gasteiger charge is 2.57. The molecular formula is C33H33N3O4S. The Kier molecular flexibility index (Phi) is 8.36. The summed E-state index contributed by atoms with van der Waals surface area (Å²) in [6.07, 6.45) is 0.219. The molecule has 2 N–H and O–H groups in total. The van der Waals surface area contributed by atoms with E-state index in [-0.39, 0.29) is 6.10 Å². The summed E-state index contributed by atoms with van der Waals surface area (Å²) in [5.74, 6) is 0.446. The predicted molar refractivity (Wildman–Crippen MR) is 160 cm³/mol. The molecule has 0 saturated carbocycles. The molecule has 1 fully saturated rings. The molecule has 3 aromatic carbocycles. The molecule has 3 heterocycles. The minimum Gasteiger partial charge on any atom is -0.383 e. The van der Waals surface area contributed by atoms with Crippen molar-refractivity contribution in [2.75, 3.05) is 12.3 Å². The number of hydrogen-bond donors (Lipinski definition) is 1. The van der Waals surface area contributed by atoms with Crippen LogP contribution in [-0.2, 0) is 38.8 Å². The van der Waals surface area contributed by atoms with Gasteiger partial charge in [0.2, 0.25) is 0 Å². The number of nitrogen functional groups attached to an aromatic ring is 1. The van der Waals surface area contributed by atoms with E-state index in [2.05, 4.69) is 53.3 Å². The molecule has 0 radical (unpaired) electrons. The van der Waals surface area contributed by atoms with Gasteiger partial charge in [-0.3, -0.25) is 0 Å². The summed E-state index contributed by atoms with van der Waals surface area (Å²) in [6.45, 7) is 3.71. The minimum absolute atomic E-state index is 0.343. The lowest BCUT2D eigenvalue weighted by Gasteiger charge is -2.35. The van der Waals surface area contributed by atoms with Gasteiger partial charge in [0.05, 0.1) is 42.2 Å². The summed E-state index contributed by atoms with van der Waals surface area (Å²) in [5, 5.41) is 2.80. The standard InChI is InChI=1S/C33H33N3O4S/c1-33(39-19-25-15-9-4-10-16-25)30(38-18-24-13-7-3-8-14-24)27(20-37-17-23-11-5-2-6-12-23)40-31(33)29-28-26(21-41-29)32(34)36-22-35-28/h2-16,21-22,27,30-31H,17-20H2,1H3,(H2,34,35,36)/t27-,30-,31+,33-/m1/s1. The van der Waals surface area contributed by atoms with Gasteiger partial charge in [-0.15, -0.1) is 11.3 Å². The SMILES string of the molecule is C[C@@]1(OCc2ccccc2)[C@H](OCc2ccccc2)[C@@H](COCc2ccccc2)O[C@H]1c1scc2c(N)ncnc12. The third kappa shape index (κ3) is 6.02. The molecule has 1 aliphatic heterocycles. The molecule has 210 valence electrons. The number of ether oxygens (including phenoxy) is 4. The number of hydrogen-bond acceptors (Lipinski definition) is 8. The maximum absolute atomic E-state index is 6.83. The molecule has 1 saturated heterocycles. The van der Waals surface area contributed by atoms with Crippen LogP contribution in [0.1, 0.15) is 34.6 Å². The number of nitrogens with two attached hydrogens (primary N) is 1. The van der Waals surface area contributed by atoms with E-state index in [9.17, 15) is 0 Å². The van der Waals surface area contributed by atoms with Crippen LogP contribution in [0.4, 0.5) is 5.82 Å². The second-order valence-electron chi connectivity index (χ2n) is 10.4. The Morgan fingerprint density at radius 1 is 0.829 bits per heavy atom. The van der Waals surface area contributed by atoms with Gasteiger partial charge in [0.15, 0.2) is 0 Å². The second-order valence-corrected chi connectivity index (χ2v) is 11.3. The topological polar surface area (TPSA) is 88.7 Å². The summed E-state index contributed by atoms with van der Waals surface area (Å²) < 4.78 is 26.5. The highest BCUT2D eigenvalue weighted by molar-refractivity contribution is 7.11. The van der Waals surface area contributed by atoms with Crippen LogP contribution in [0.25, 0.3) is 10.9 Å². The van der Waals surface area contributed by atoms with Crippen LogP contribution in [0.15, 0.2) is 103 Å². The number of anilines is 1. The van der Waals surface area contributed by atoms with Gasteiger partial charge in [-0.25, -0.2) is 9.97 Å². The zero-order valence-electron chi connectivity index (χ0n) is 22.9. The number of nitrogens with zero attached hydrogens (tertiary/aromatic N) is 2. The van der Waals surface area contributed by atoms with Gasteiger partial charge in [-0.1, -0.05) is 91.0 Å². The van der Waals surface area contributed by atoms with Crippen molar-refractivity contribution in [2.45, 2.75) is 50.7 Å². The van der Waals surface area contributed by atoms with E-state index >= 15 is 0 Å². The van der Waals surface area contributed by atoms with E-state index in [0.717, 1.165) is 32.5 Å². The Morgan fingerprint density at radius 3 is 2.10 bits per heavy atom. The lowest BCUT2D eigenvalue weighted by Crippen LogP contribution is -2.47. The first kappa shape index (κ1) is 27.5. The maximum atomic E-state index is 6.83. The average molecular weight is 568 g/mol. The normalized spacial score (nSPS) is 22.3. The number of benzene rings is 3. The quantitative estimate of drug-likeness (QED) is 0.195. The van der Waals surface area contributed by atoms with Crippen LogP contribution in [0.5, 0.6) is 0 Å². The Labute approximate surface area is 243 Å². The largest absolute Gasteiger partial charge is 0.383 e. The van der Waals surface area contributed by atoms with Gasteiger partial charge in [-0.2, -0.15) is 0 Å². The van der Waals surface area contributed by atoms with Crippen molar-refractivity contribution >= 4 is 28.1 Å². The molecule has 41 heavy (non-hydrogen) atoms. The van der Waals surface area contributed by atoms with Gasteiger partial charge in [0.25, 0.3) is 0 Å². The highest BCUT2D eigenvalue weighted by Crippen LogP contribution is 2.50. The first-order chi connectivity index (χ1) is 20.1. The van der Waals surface area contributed by atoms with E-state index in [4.69, 9.17) is 24.7 Å². The molecule has 1 aliphatic rings. The monoisotopic (exact) mass is 567 g/mol. The number of thiophene rings is 1. The number of rotatable bonds is 11. The van der Waals surface area contributed by atoms with Gasteiger partial charge in [0.1, 0.15) is 36.1 Å². The fraction of sp³-hybridized carbons (Fsp3) is 0.273. The average Bonchev–Trinajstić information content (AvgIpc) is 3.56. The molecule has 0 aliphatic carbocycles. The van der Waals surface area contributed by atoms with Crippen LogP contribution in [0, 0.1) is 0 Å². The molecule has 4 atom stereocenters. The van der Waals surface area contributed by atoms with Crippen LogP contribution in [0.2, 0.25) is 0 Å². The number of fused-ring (bicyclic) bond motifs is 1. The third-order valence-electron chi connectivity index (χ3n) is 7.48. The third-order valence-corrected chi connectivity index (χ3v) is 8.50. The molecule has 0 unspecified atom stereocenters. The van der Waals surface area contributed by atoms with Crippen LogP contribution in [-0.4, -0.2) is 34.4 Å². The van der Waals surface area contributed by atoms with E-state index in [0.29, 0.717) is 32.2 Å². The van der Waals surface area contributed by atoms with E-state index in [1.165, 1.54) is 6.33 Å². The molecule has 8 heteroatoms. The fourth-order valence-electron chi connectivity index (χ4n) is 5.31. The Hall–Kier alpha value is -3.66. The Morgan fingerprint density at radius 2 is 1.44 bits per heavy atom. The van der Waals surface area contributed by atoms with Crippen molar-refractivity contribution in [2.24, 2.45) is 0 Å². The first-order valence-electron chi connectivity index (χ1n) is 13.7. The fourth-order valence-corrected chi connectivity index (χ4v) is 6.47. The van der Waals surface area contributed by atoms with E-state index in [1.807, 2.05) is 60.0 Å². The van der Waals surface area contributed by atoms with Crippen molar-refractivity contribution in [3.05, 3.63) is 124 Å². The summed E-state index contributed by atoms with van der Waals surface area (Å²) in [6, 6.07) is 30.4. The molecule has 0 spiro atoms. The molecule has 0 amide bonds. The Balaban J connectivity index is 1.34. The maximum Gasteiger partial charge on any atom is 0.135 e. The van der Waals surface area contributed by atoms with Gasteiger partial charge in [-0.05, 0) is 23.6 Å². The lowest BCUT2D eigenvalue weighted by molar-refractivity contribution is -0.147. The van der Waals surface area contributed by atoms with Crippen molar-refractivity contribution in [1.29, 1.82) is 0 Å². The molecule has 0 bridgehead atoms. The minimum atomic E-state index is -0.858. The van der Waals surface area contributed by atoms with Crippen molar-refractivity contribution < 1.29 is 18.9 Å². The summed E-state index contributed by atoms with van der Waals surface area (Å²) in [7, 11) is 0. The molecule has 2 aromatic heterocycles. The second kappa shape index (κ2) is 12.5. The van der Waals surface area contributed by atoms with Crippen LogP contribution < -0.4 is 5.73 Å². The van der Waals surface area contributed by atoms with Gasteiger partial charge in [0, 0.05) is 5.38 Å². The van der Waals surface area contributed by atoms with E-state index in [1.54, 1.807) is 11.3 Å². The predicted octanol–water partition coefficient (Wildman–Crippen LogP) is 6.49. The smallest absolute Gasteiger partial charge is 0.135 e. The lowest BCUT2D eigenvalue weighted by atomic mass is 9.90. The van der Waals surface area contributed by atoms with Crippen molar-refractivity contribution in [3.63, 3.8) is 0 Å². The molecule has 5 aromatic rings. The van der Waals surface area contributed by atoms with Crippen molar-refractivity contribution in [3.8, 4) is 0 Å². The Bertz CT molecular complexity index is 1550. The summed E-state index contributed by atoms with van der Waals surface area (Å²) in [4.78, 5) is 9.70. The summed E-state index contributed by atoms with van der Waals surface area (Å²) in [5.41, 5.74) is 9.36. The summed E-state index contributed by atoms with van der Waals surface area (Å²) >= 11 is 1.55. The number of aromatic nitrogens is 2. The highest BCUT2D eigenvalue weighted by atomic mass is 32.1. The van der Waals surface area contributed by atoms with Crippen LogP contribution in [0.3, 0.4) is 0 Å². The molecular weight excluding hydrogens is 534 g/mol.